The van der Waals surface area contributed by atoms with Crippen molar-refractivity contribution in [2.75, 3.05) is 0 Å². The summed E-state index contributed by atoms with van der Waals surface area (Å²) >= 11 is 0. The zero-order valence-corrected chi connectivity index (χ0v) is 7.52. The van der Waals surface area contributed by atoms with Crippen LogP contribution in [0.25, 0.3) is 0 Å². The Morgan fingerprint density at radius 1 is 1.42 bits per heavy atom. The van der Waals surface area contributed by atoms with Gasteiger partial charge in [-0.25, -0.2) is 8.78 Å². The molecule has 12 heavy (non-hydrogen) atoms. The van der Waals surface area contributed by atoms with E-state index >= 15 is 0 Å². The van der Waals surface area contributed by atoms with Crippen molar-refractivity contribution in [2.24, 2.45) is 11.7 Å². The maximum Gasteiger partial charge on any atom is 0.256 e. The van der Waals surface area contributed by atoms with Gasteiger partial charge in [0.05, 0.1) is 5.54 Å². The molecule has 0 aromatic rings. The number of hydrogen-bond donors (Lipinski definition) is 1. The molecule has 1 nitrogen and oxygen atoms in total. The van der Waals surface area contributed by atoms with Crippen LogP contribution >= 0.6 is 0 Å². The maximum absolute atomic E-state index is 12.3. The third-order valence-electron chi connectivity index (χ3n) is 2.70. The average molecular weight is 177 g/mol. The molecule has 0 bridgehead atoms. The molecule has 0 aromatic carbocycles. The van der Waals surface area contributed by atoms with Gasteiger partial charge in [-0.15, -0.1) is 0 Å². The number of hydrogen-bond acceptors (Lipinski definition) is 1. The second kappa shape index (κ2) is 3.69. The van der Waals surface area contributed by atoms with E-state index in [2.05, 4.69) is 0 Å². The summed E-state index contributed by atoms with van der Waals surface area (Å²) in [5.41, 5.74) is 4.22. The van der Waals surface area contributed by atoms with Gasteiger partial charge >= 0.3 is 0 Å². The van der Waals surface area contributed by atoms with Crippen LogP contribution in [0.5, 0.6) is 0 Å². The summed E-state index contributed by atoms with van der Waals surface area (Å²) < 4.78 is 24.7. The molecule has 0 amide bonds. The lowest BCUT2D eigenvalue weighted by Crippen LogP contribution is -2.45. The molecule has 72 valence electrons. The third kappa shape index (κ3) is 2.41. The molecular weight excluding hydrogens is 160 g/mol. The lowest BCUT2D eigenvalue weighted by molar-refractivity contribution is 0.0495. The van der Waals surface area contributed by atoms with E-state index in [1.54, 1.807) is 0 Å². The van der Waals surface area contributed by atoms with Crippen LogP contribution < -0.4 is 5.73 Å². The topological polar surface area (TPSA) is 26.0 Å². The fourth-order valence-electron chi connectivity index (χ4n) is 1.93. The van der Waals surface area contributed by atoms with Crippen LogP contribution in [0.4, 0.5) is 8.78 Å². The summed E-state index contributed by atoms with van der Waals surface area (Å²) in [7, 11) is 0. The monoisotopic (exact) mass is 177 g/mol. The molecule has 0 radical (unpaired) electrons. The molecule has 1 aliphatic carbocycles. The number of rotatable bonds is 3. The molecule has 1 atom stereocenters. The van der Waals surface area contributed by atoms with E-state index in [4.69, 9.17) is 5.73 Å². The van der Waals surface area contributed by atoms with E-state index in [0.717, 1.165) is 12.8 Å². The van der Waals surface area contributed by atoms with Crippen molar-refractivity contribution in [1.82, 2.24) is 0 Å². The van der Waals surface area contributed by atoms with Gasteiger partial charge in [-0.1, -0.05) is 25.7 Å². The molecule has 1 rings (SSSR count). The fourth-order valence-corrected chi connectivity index (χ4v) is 1.93. The third-order valence-corrected chi connectivity index (χ3v) is 2.70. The largest absolute Gasteiger partial charge is 0.321 e. The Kier molecular flexibility index (Phi) is 3.04. The summed E-state index contributed by atoms with van der Waals surface area (Å²) in [6.45, 7) is 1.45. The molecule has 0 heterocycles. The van der Waals surface area contributed by atoms with Crippen LogP contribution in [0.3, 0.4) is 0 Å². The van der Waals surface area contributed by atoms with Crippen LogP contribution in [-0.4, -0.2) is 12.0 Å². The Morgan fingerprint density at radius 2 is 1.92 bits per heavy atom. The van der Waals surface area contributed by atoms with Gasteiger partial charge in [-0.2, -0.15) is 0 Å². The zero-order chi connectivity index (χ0) is 9.19. The van der Waals surface area contributed by atoms with Crippen LogP contribution in [0.15, 0.2) is 0 Å². The van der Waals surface area contributed by atoms with Gasteiger partial charge in [-0.3, -0.25) is 0 Å². The fraction of sp³-hybridized carbons (Fsp3) is 1.00. The van der Waals surface area contributed by atoms with Crippen LogP contribution in [0.2, 0.25) is 0 Å². The predicted octanol–water partition coefficient (Wildman–Crippen LogP) is 2.55. The summed E-state index contributed by atoms with van der Waals surface area (Å²) in [6.07, 6.45) is 2.62. The van der Waals surface area contributed by atoms with Crippen molar-refractivity contribution >= 4 is 0 Å². The lowest BCUT2D eigenvalue weighted by atomic mass is 9.89. The van der Waals surface area contributed by atoms with Gasteiger partial charge in [-0.05, 0) is 19.3 Å². The first kappa shape index (κ1) is 9.90. The van der Waals surface area contributed by atoms with Crippen LogP contribution in [-0.2, 0) is 0 Å². The molecule has 1 saturated carbocycles. The highest BCUT2D eigenvalue weighted by molar-refractivity contribution is 4.85. The zero-order valence-electron chi connectivity index (χ0n) is 7.52. The van der Waals surface area contributed by atoms with Gasteiger partial charge in [0.1, 0.15) is 0 Å². The molecular formula is C9H17F2N. The molecule has 1 aliphatic rings. The summed E-state index contributed by atoms with van der Waals surface area (Å²) in [6, 6.07) is 0. The van der Waals surface area contributed by atoms with Gasteiger partial charge in [0.2, 0.25) is 0 Å². The van der Waals surface area contributed by atoms with Crippen LogP contribution in [0, 0.1) is 5.92 Å². The minimum Gasteiger partial charge on any atom is -0.321 e. The SMILES string of the molecule is CC(N)(CC1CCCC1)C(F)F. The molecule has 0 aliphatic heterocycles. The second-order valence-electron chi connectivity index (χ2n) is 4.16. The van der Waals surface area contributed by atoms with E-state index in [1.807, 2.05) is 0 Å². The molecule has 0 aromatic heterocycles. The molecule has 3 heteroatoms. The molecule has 2 N–H and O–H groups in total. The van der Waals surface area contributed by atoms with Crippen molar-refractivity contribution in [3.8, 4) is 0 Å². The van der Waals surface area contributed by atoms with E-state index in [-0.39, 0.29) is 0 Å². The summed E-state index contributed by atoms with van der Waals surface area (Å²) in [5.74, 6) is 0.439. The first-order valence-corrected chi connectivity index (χ1v) is 4.59. The smallest absolute Gasteiger partial charge is 0.256 e. The maximum atomic E-state index is 12.3. The summed E-state index contributed by atoms with van der Waals surface area (Å²) in [5, 5.41) is 0. The van der Waals surface area contributed by atoms with Crippen molar-refractivity contribution in [3.63, 3.8) is 0 Å². The standard InChI is InChI=1S/C9H17F2N/c1-9(12,8(10)11)6-7-4-2-3-5-7/h7-8H,2-6,12H2,1H3. The predicted molar refractivity (Wildman–Crippen MR) is 45.2 cm³/mol. The van der Waals surface area contributed by atoms with Crippen molar-refractivity contribution in [2.45, 2.75) is 51.0 Å². The van der Waals surface area contributed by atoms with Crippen molar-refractivity contribution < 1.29 is 8.78 Å². The van der Waals surface area contributed by atoms with E-state index < -0.39 is 12.0 Å². The Bertz CT molecular complexity index is 139. The van der Waals surface area contributed by atoms with Crippen LogP contribution in [0.1, 0.15) is 39.0 Å². The molecule has 0 saturated heterocycles. The Hall–Kier alpha value is -0.180. The van der Waals surface area contributed by atoms with Crippen molar-refractivity contribution in [1.29, 1.82) is 0 Å². The minimum absolute atomic E-state index is 0.439. The Balaban J connectivity index is 2.37. The minimum atomic E-state index is -2.39. The van der Waals surface area contributed by atoms with E-state index in [0.29, 0.717) is 12.3 Å². The van der Waals surface area contributed by atoms with Crippen molar-refractivity contribution in [3.05, 3.63) is 0 Å². The van der Waals surface area contributed by atoms with Gasteiger partial charge in [0.25, 0.3) is 6.43 Å². The quantitative estimate of drug-likeness (QED) is 0.704. The van der Waals surface area contributed by atoms with Gasteiger partial charge in [0, 0.05) is 0 Å². The Morgan fingerprint density at radius 3 is 2.33 bits per heavy atom. The second-order valence-corrected chi connectivity index (χ2v) is 4.16. The van der Waals surface area contributed by atoms with Gasteiger partial charge in [0.15, 0.2) is 0 Å². The number of halogens is 2. The first-order valence-electron chi connectivity index (χ1n) is 4.59. The average Bonchev–Trinajstić information content (AvgIpc) is 2.38. The molecule has 1 unspecified atom stereocenters. The lowest BCUT2D eigenvalue weighted by Gasteiger charge is -2.26. The summed E-state index contributed by atoms with van der Waals surface area (Å²) in [4.78, 5) is 0. The van der Waals surface area contributed by atoms with Gasteiger partial charge < -0.3 is 5.73 Å². The van der Waals surface area contributed by atoms with E-state index in [1.165, 1.54) is 19.8 Å². The normalized spacial score (nSPS) is 24.8. The highest BCUT2D eigenvalue weighted by Gasteiger charge is 2.33. The first-order chi connectivity index (χ1) is 5.52. The van der Waals surface area contributed by atoms with E-state index in [9.17, 15) is 8.78 Å². The Labute approximate surface area is 72.3 Å². The molecule has 1 fully saturated rings. The highest BCUT2D eigenvalue weighted by atomic mass is 19.3. The number of alkyl halides is 2. The highest BCUT2D eigenvalue weighted by Crippen LogP contribution is 2.32. The number of nitrogens with two attached hydrogens (primary N) is 1. The molecule has 0 spiro atoms.